The summed E-state index contributed by atoms with van der Waals surface area (Å²) >= 11 is 0. The monoisotopic (exact) mass is 251 g/mol. The van der Waals surface area contributed by atoms with E-state index in [0.717, 1.165) is 5.56 Å². The van der Waals surface area contributed by atoms with Crippen LogP contribution in [0.15, 0.2) is 30.3 Å². The molecule has 0 spiro atoms. The van der Waals surface area contributed by atoms with E-state index in [2.05, 4.69) is 5.32 Å². The van der Waals surface area contributed by atoms with Crippen LogP contribution in [0.1, 0.15) is 19.4 Å². The van der Waals surface area contributed by atoms with Gasteiger partial charge in [-0.3, -0.25) is 5.32 Å². The Hall–Kier alpha value is -1.39. The number of nitrogens with one attached hydrogen (secondary N) is 1. The smallest absolute Gasteiger partial charge is 0.333 e. The summed E-state index contributed by atoms with van der Waals surface area (Å²) in [5, 5.41) is 3.04. The van der Waals surface area contributed by atoms with E-state index in [-0.39, 0.29) is 18.7 Å². The van der Waals surface area contributed by atoms with Crippen LogP contribution >= 0.6 is 0 Å². The molecule has 0 saturated carbocycles. The van der Waals surface area contributed by atoms with Crippen molar-refractivity contribution in [1.29, 1.82) is 0 Å². The van der Waals surface area contributed by atoms with E-state index in [1.165, 1.54) is 7.11 Å². The molecular formula is C14H21NO3. The lowest BCUT2D eigenvalue weighted by molar-refractivity contribution is -0.152. The number of esters is 1. The van der Waals surface area contributed by atoms with Crippen molar-refractivity contribution in [2.45, 2.75) is 25.5 Å². The molecule has 0 heterocycles. The maximum absolute atomic E-state index is 12.1. The summed E-state index contributed by atoms with van der Waals surface area (Å²) in [6, 6.07) is 9.46. The molecule has 1 aromatic rings. The second-order valence-corrected chi connectivity index (χ2v) is 4.37. The number of rotatable bonds is 6. The zero-order valence-electron chi connectivity index (χ0n) is 11.4. The van der Waals surface area contributed by atoms with Crippen LogP contribution in [-0.4, -0.2) is 32.8 Å². The van der Waals surface area contributed by atoms with E-state index in [4.69, 9.17) is 9.47 Å². The fourth-order valence-electron chi connectivity index (χ4n) is 1.77. The third kappa shape index (κ3) is 3.09. The van der Waals surface area contributed by atoms with Gasteiger partial charge in [-0.25, -0.2) is 4.79 Å². The Labute approximate surface area is 108 Å². The molecule has 4 heteroatoms. The van der Waals surface area contributed by atoms with Gasteiger partial charge in [0, 0.05) is 0 Å². The van der Waals surface area contributed by atoms with Gasteiger partial charge in [0.2, 0.25) is 0 Å². The number of hydrogen-bond acceptors (Lipinski definition) is 4. The zero-order valence-corrected chi connectivity index (χ0v) is 11.4. The molecule has 0 bridgehead atoms. The molecule has 4 nitrogen and oxygen atoms in total. The van der Waals surface area contributed by atoms with Crippen molar-refractivity contribution in [1.82, 2.24) is 5.32 Å². The third-order valence-corrected chi connectivity index (χ3v) is 2.86. The summed E-state index contributed by atoms with van der Waals surface area (Å²) < 4.78 is 10.5. The van der Waals surface area contributed by atoms with Gasteiger partial charge in [-0.1, -0.05) is 30.3 Å². The molecule has 0 aliphatic rings. The van der Waals surface area contributed by atoms with Crippen LogP contribution in [0, 0.1) is 0 Å². The number of likely N-dealkylation sites (N-methyl/N-ethyl adjacent to an activating group) is 1. The number of ether oxygens (including phenoxy) is 2. The van der Waals surface area contributed by atoms with Crippen LogP contribution in [0.3, 0.4) is 0 Å². The molecule has 0 radical (unpaired) electrons. The number of hydrogen-bond donors (Lipinski definition) is 1. The van der Waals surface area contributed by atoms with E-state index < -0.39 is 5.54 Å². The molecule has 0 aromatic heterocycles. The molecule has 1 atom stereocenters. The normalized spacial score (nSPS) is 14.3. The van der Waals surface area contributed by atoms with Gasteiger partial charge in [0.05, 0.1) is 19.8 Å². The highest BCUT2D eigenvalue weighted by Gasteiger charge is 2.40. The largest absolute Gasteiger partial charge is 0.467 e. The summed E-state index contributed by atoms with van der Waals surface area (Å²) in [5.41, 5.74) is -0.125. The van der Waals surface area contributed by atoms with Crippen molar-refractivity contribution < 1.29 is 14.3 Å². The van der Waals surface area contributed by atoms with Crippen LogP contribution in [0.25, 0.3) is 0 Å². The lowest BCUT2D eigenvalue weighted by Gasteiger charge is -2.31. The summed E-state index contributed by atoms with van der Waals surface area (Å²) in [4.78, 5) is 12.1. The van der Waals surface area contributed by atoms with Gasteiger partial charge < -0.3 is 9.47 Å². The van der Waals surface area contributed by atoms with Crippen molar-refractivity contribution in [3.63, 3.8) is 0 Å². The van der Waals surface area contributed by atoms with Gasteiger partial charge in [0.1, 0.15) is 0 Å². The first-order chi connectivity index (χ1) is 8.56. The summed E-state index contributed by atoms with van der Waals surface area (Å²) in [5.74, 6) is -0.350. The molecule has 1 N–H and O–H groups in total. The lowest BCUT2D eigenvalue weighted by atomic mass is 9.91. The van der Waals surface area contributed by atoms with Crippen molar-refractivity contribution in [2.24, 2.45) is 0 Å². The van der Waals surface area contributed by atoms with Crippen molar-refractivity contribution in [2.75, 3.05) is 20.8 Å². The Morgan fingerprint density at radius 2 is 1.94 bits per heavy atom. The van der Waals surface area contributed by atoms with E-state index in [0.29, 0.717) is 0 Å². The molecule has 1 unspecified atom stereocenters. The van der Waals surface area contributed by atoms with Crippen molar-refractivity contribution in [3.05, 3.63) is 35.9 Å². The maximum Gasteiger partial charge on any atom is 0.333 e. The standard InChI is InChI=1S/C14H21NO3/c1-11(2)18-10-14(15-3,13(16)17-4)12-8-6-5-7-9-12/h5-9,11,15H,10H2,1-4H3. The highest BCUT2D eigenvalue weighted by Crippen LogP contribution is 2.23. The van der Waals surface area contributed by atoms with Crippen LogP contribution in [0.2, 0.25) is 0 Å². The molecule has 0 amide bonds. The molecular weight excluding hydrogens is 230 g/mol. The molecule has 1 rings (SSSR count). The molecule has 18 heavy (non-hydrogen) atoms. The van der Waals surface area contributed by atoms with E-state index in [1.807, 2.05) is 44.2 Å². The molecule has 0 fully saturated rings. The number of methoxy groups -OCH3 is 1. The van der Waals surface area contributed by atoms with Crippen molar-refractivity contribution in [3.8, 4) is 0 Å². The second-order valence-electron chi connectivity index (χ2n) is 4.37. The predicted molar refractivity (Wildman–Crippen MR) is 70.3 cm³/mol. The molecule has 0 aliphatic heterocycles. The van der Waals surface area contributed by atoms with Crippen LogP contribution < -0.4 is 5.32 Å². The second kappa shape index (κ2) is 6.52. The number of carbonyl (C=O) groups is 1. The lowest BCUT2D eigenvalue weighted by Crippen LogP contribution is -2.52. The van der Waals surface area contributed by atoms with Crippen LogP contribution in [0.4, 0.5) is 0 Å². The van der Waals surface area contributed by atoms with Gasteiger partial charge in [0.25, 0.3) is 0 Å². The van der Waals surface area contributed by atoms with Crippen LogP contribution in [-0.2, 0) is 19.8 Å². The van der Waals surface area contributed by atoms with Gasteiger partial charge in [-0.05, 0) is 26.5 Å². The van der Waals surface area contributed by atoms with Gasteiger partial charge in [0.15, 0.2) is 5.54 Å². The topological polar surface area (TPSA) is 47.6 Å². The van der Waals surface area contributed by atoms with E-state index >= 15 is 0 Å². The van der Waals surface area contributed by atoms with Crippen molar-refractivity contribution >= 4 is 5.97 Å². The maximum atomic E-state index is 12.1. The Kier molecular flexibility index (Phi) is 5.31. The summed E-state index contributed by atoms with van der Waals surface area (Å²) in [6.07, 6.45) is 0.0473. The fraction of sp³-hybridized carbons (Fsp3) is 0.500. The highest BCUT2D eigenvalue weighted by molar-refractivity contribution is 5.82. The summed E-state index contributed by atoms with van der Waals surface area (Å²) in [6.45, 7) is 4.10. The van der Waals surface area contributed by atoms with E-state index in [9.17, 15) is 4.79 Å². The van der Waals surface area contributed by atoms with Gasteiger partial charge in [-0.15, -0.1) is 0 Å². The fourth-order valence-corrected chi connectivity index (χ4v) is 1.77. The minimum absolute atomic E-state index is 0.0473. The number of carbonyl (C=O) groups excluding carboxylic acids is 1. The predicted octanol–water partition coefficient (Wildman–Crippen LogP) is 1.70. The van der Waals surface area contributed by atoms with Gasteiger partial charge in [-0.2, -0.15) is 0 Å². The molecule has 1 aromatic carbocycles. The zero-order chi connectivity index (χ0) is 13.6. The molecule has 0 aliphatic carbocycles. The van der Waals surface area contributed by atoms with Crippen LogP contribution in [0.5, 0.6) is 0 Å². The van der Waals surface area contributed by atoms with E-state index in [1.54, 1.807) is 7.05 Å². The Balaban J connectivity index is 3.10. The minimum atomic E-state index is -0.958. The number of benzene rings is 1. The van der Waals surface area contributed by atoms with Gasteiger partial charge >= 0.3 is 5.97 Å². The quantitative estimate of drug-likeness (QED) is 0.782. The SMILES string of the molecule is CNC(COC(C)C)(C(=O)OC)c1ccccc1. The Morgan fingerprint density at radius 3 is 2.39 bits per heavy atom. The Bertz CT molecular complexity index is 378. The molecule has 0 saturated heterocycles. The summed E-state index contributed by atoms with van der Waals surface area (Å²) in [7, 11) is 3.11. The highest BCUT2D eigenvalue weighted by atomic mass is 16.5. The average Bonchev–Trinajstić information content (AvgIpc) is 2.40. The first kappa shape index (κ1) is 14.7. The molecule has 100 valence electrons. The Morgan fingerprint density at radius 1 is 1.33 bits per heavy atom. The average molecular weight is 251 g/mol. The first-order valence-corrected chi connectivity index (χ1v) is 6.01. The first-order valence-electron chi connectivity index (χ1n) is 6.01. The minimum Gasteiger partial charge on any atom is -0.467 e. The third-order valence-electron chi connectivity index (χ3n) is 2.86.